The van der Waals surface area contributed by atoms with Crippen LogP contribution in [-0.2, 0) is 11.2 Å². The van der Waals surface area contributed by atoms with Crippen molar-refractivity contribution in [2.45, 2.75) is 78.9 Å². The molecule has 26 heavy (non-hydrogen) atoms. The maximum atomic E-state index is 12.9. The van der Waals surface area contributed by atoms with Crippen LogP contribution in [0.25, 0.3) is 0 Å². The number of carbonyl (C=O) groups excluding carboxylic acids is 2. The van der Waals surface area contributed by atoms with Gasteiger partial charge < -0.3 is 9.64 Å². The zero-order valence-electron chi connectivity index (χ0n) is 16.9. The highest BCUT2D eigenvalue weighted by atomic mass is 16.6. The molecule has 1 amide bonds. The Morgan fingerprint density at radius 2 is 1.81 bits per heavy atom. The van der Waals surface area contributed by atoms with E-state index in [-0.39, 0.29) is 23.3 Å². The van der Waals surface area contributed by atoms with Crippen molar-refractivity contribution in [2.75, 3.05) is 13.1 Å². The van der Waals surface area contributed by atoms with Gasteiger partial charge in [-0.05, 0) is 66.2 Å². The fraction of sp³-hybridized carbons (Fsp3) is 0.750. The van der Waals surface area contributed by atoms with E-state index >= 15 is 0 Å². The lowest BCUT2D eigenvalue weighted by Gasteiger charge is -2.43. The van der Waals surface area contributed by atoms with Gasteiger partial charge >= 0.3 is 6.09 Å². The number of fused-ring (bicyclic) bond motifs is 1. The molecule has 1 saturated heterocycles. The number of aryl methyl sites for hydroxylation is 1. The highest BCUT2D eigenvalue weighted by Crippen LogP contribution is 2.44. The second-order valence-electron chi connectivity index (χ2n) is 9.20. The molecule has 0 saturated carbocycles. The molecule has 1 aliphatic heterocycles. The summed E-state index contributed by atoms with van der Waals surface area (Å²) in [7, 11) is 0. The third-order valence-corrected chi connectivity index (χ3v) is 5.53. The molecule has 144 valence electrons. The average Bonchev–Trinajstić information content (AvgIpc) is 2.84. The number of carbonyl (C=O) groups is 2. The fourth-order valence-corrected chi connectivity index (χ4v) is 4.17. The Kier molecular flexibility index (Phi) is 4.65. The molecule has 0 radical (unpaired) electrons. The highest BCUT2D eigenvalue weighted by Gasteiger charge is 2.44. The van der Waals surface area contributed by atoms with Gasteiger partial charge in [-0.2, -0.15) is 5.10 Å². The van der Waals surface area contributed by atoms with Crippen molar-refractivity contribution in [1.29, 1.82) is 0 Å². The number of ketones is 1. The van der Waals surface area contributed by atoms with Crippen molar-refractivity contribution < 1.29 is 14.3 Å². The van der Waals surface area contributed by atoms with Crippen LogP contribution < -0.4 is 0 Å². The van der Waals surface area contributed by atoms with Crippen LogP contribution in [0.5, 0.6) is 0 Å². The molecule has 1 aromatic heterocycles. The largest absolute Gasteiger partial charge is 0.444 e. The van der Waals surface area contributed by atoms with E-state index in [2.05, 4.69) is 18.9 Å². The van der Waals surface area contributed by atoms with Gasteiger partial charge in [0, 0.05) is 31.1 Å². The predicted molar refractivity (Wildman–Crippen MR) is 99.5 cm³/mol. The Hall–Kier alpha value is -1.85. The highest BCUT2D eigenvalue weighted by molar-refractivity contribution is 5.98. The van der Waals surface area contributed by atoms with E-state index < -0.39 is 5.60 Å². The van der Waals surface area contributed by atoms with E-state index in [1.807, 2.05) is 32.4 Å². The molecular formula is C20H31N3O3. The van der Waals surface area contributed by atoms with Crippen LogP contribution in [0.15, 0.2) is 0 Å². The molecule has 0 N–H and O–H groups in total. The smallest absolute Gasteiger partial charge is 0.410 e. The van der Waals surface area contributed by atoms with Gasteiger partial charge in [0.2, 0.25) is 0 Å². The summed E-state index contributed by atoms with van der Waals surface area (Å²) >= 11 is 0. The summed E-state index contributed by atoms with van der Waals surface area (Å²) in [5, 5.41) is 4.61. The number of amides is 1. The van der Waals surface area contributed by atoms with E-state index in [1.54, 1.807) is 4.90 Å². The molecule has 0 unspecified atom stereocenters. The van der Waals surface area contributed by atoms with E-state index in [1.165, 1.54) is 0 Å². The predicted octanol–water partition coefficient (Wildman–Crippen LogP) is 3.92. The maximum Gasteiger partial charge on any atom is 0.410 e. The molecule has 1 fully saturated rings. The summed E-state index contributed by atoms with van der Waals surface area (Å²) in [5.74, 6) is 0.200. The maximum absolute atomic E-state index is 12.9. The van der Waals surface area contributed by atoms with Gasteiger partial charge in [0.05, 0.1) is 5.69 Å². The molecule has 1 aliphatic carbocycles. The first kappa shape index (κ1) is 18.9. The summed E-state index contributed by atoms with van der Waals surface area (Å²) in [4.78, 5) is 27.0. The first-order valence-corrected chi connectivity index (χ1v) is 9.60. The van der Waals surface area contributed by atoms with Crippen molar-refractivity contribution in [3.05, 3.63) is 17.0 Å². The number of likely N-dealkylation sites (tertiary alicyclic amines) is 1. The lowest BCUT2D eigenvalue weighted by Crippen LogP contribution is -2.47. The van der Waals surface area contributed by atoms with Crippen molar-refractivity contribution in [1.82, 2.24) is 14.7 Å². The minimum absolute atomic E-state index is 0.0435. The first-order chi connectivity index (χ1) is 12.0. The Morgan fingerprint density at radius 3 is 2.35 bits per heavy atom. The SMILES string of the molecule is Cc1nn(C(C)C)c2c1CC1(CCN(C(=O)OC(C)(C)C)CC1)CC2=O. The van der Waals surface area contributed by atoms with Crippen LogP contribution in [0.4, 0.5) is 4.79 Å². The van der Waals surface area contributed by atoms with E-state index in [9.17, 15) is 9.59 Å². The van der Waals surface area contributed by atoms with Gasteiger partial charge in [-0.25, -0.2) is 4.79 Å². The minimum Gasteiger partial charge on any atom is -0.444 e. The van der Waals surface area contributed by atoms with E-state index in [0.29, 0.717) is 19.5 Å². The molecule has 6 heteroatoms. The number of hydrogen-bond acceptors (Lipinski definition) is 4. The molecular weight excluding hydrogens is 330 g/mol. The summed E-state index contributed by atoms with van der Waals surface area (Å²) in [6, 6.07) is 0.185. The summed E-state index contributed by atoms with van der Waals surface area (Å²) in [6.45, 7) is 13.1. The average molecular weight is 361 g/mol. The summed E-state index contributed by atoms with van der Waals surface area (Å²) in [5.41, 5.74) is 2.36. The number of hydrogen-bond donors (Lipinski definition) is 0. The second kappa shape index (κ2) is 6.39. The third-order valence-electron chi connectivity index (χ3n) is 5.53. The van der Waals surface area contributed by atoms with Gasteiger partial charge in [-0.1, -0.05) is 0 Å². The Morgan fingerprint density at radius 1 is 1.19 bits per heavy atom. The third kappa shape index (κ3) is 3.51. The molecule has 2 aliphatic rings. The topological polar surface area (TPSA) is 64.4 Å². The second-order valence-corrected chi connectivity index (χ2v) is 9.20. The number of rotatable bonds is 1. The van der Waals surface area contributed by atoms with Gasteiger partial charge in [0.1, 0.15) is 11.3 Å². The van der Waals surface area contributed by atoms with Gasteiger partial charge in [-0.3, -0.25) is 9.48 Å². The Bertz CT molecular complexity index is 719. The molecule has 1 spiro atoms. The minimum atomic E-state index is -0.482. The van der Waals surface area contributed by atoms with Crippen LogP contribution in [0.2, 0.25) is 0 Å². The quantitative estimate of drug-likeness (QED) is 0.760. The standard InChI is InChI=1S/C20H31N3O3/c1-13(2)23-17-15(14(3)21-23)11-20(12-16(17)24)7-9-22(10-8-20)18(25)26-19(4,5)6/h13H,7-12H2,1-6H3. The number of Topliss-reactive ketones (excluding diaryl/α,β-unsaturated/α-hetero) is 1. The normalized spacial score (nSPS) is 19.8. The molecule has 2 heterocycles. The summed E-state index contributed by atoms with van der Waals surface area (Å²) < 4.78 is 7.37. The van der Waals surface area contributed by atoms with Crippen molar-refractivity contribution in [3.8, 4) is 0 Å². The Balaban J connectivity index is 1.75. The van der Waals surface area contributed by atoms with E-state index in [0.717, 1.165) is 36.2 Å². The van der Waals surface area contributed by atoms with Crippen LogP contribution in [0.3, 0.4) is 0 Å². The van der Waals surface area contributed by atoms with Crippen LogP contribution >= 0.6 is 0 Å². The molecule has 0 aromatic carbocycles. The molecule has 6 nitrogen and oxygen atoms in total. The number of nitrogens with zero attached hydrogens (tertiary/aromatic N) is 3. The van der Waals surface area contributed by atoms with E-state index in [4.69, 9.17) is 4.74 Å². The van der Waals surface area contributed by atoms with Gasteiger partial charge in [-0.15, -0.1) is 0 Å². The van der Waals surface area contributed by atoms with Gasteiger partial charge in [0.15, 0.2) is 5.78 Å². The van der Waals surface area contributed by atoms with Crippen molar-refractivity contribution in [3.63, 3.8) is 0 Å². The van der Waals surface area contributed by atoms with Gasteiger partial charge in [0.25, 0.3) is 0 Å². The molecule has 0 atom stereocenters. The summed E-state index contributed by atoms with van der Waals surface area (Å²) in [6.07, 6.45) is 2.86. The van der Waals surface area contributed by atoms with Crippen LogP contribution in [-0.4, -0.2) is 45.2 Å². The zero-order chi connectivity index (χ0) is 19.3. The monoisotopic (exact) mass is 361 g/mol. The lowest BCUT2D eigenvalue weighted by atomic mass is 9.66. The Labute approximate surface area is 155 Å². The first-order valence-electron chi connectivity index (χ1n) is 9.60. The molecule has 3 rings (SSSR count). The van der Waals surface area contributed by atoms with Crippen molar-refractivity contribution in [2.24, 2.45) is 5.41 Å². The molecule has 1 aromatic rings. The molecule has 0 bridgehead atoms. The van der Waals surface area contributed by atoms with Crippen molar-refractivity contribution >= 4 is 11.9 Å². The zero-order valence-corrected chi connectivity index (χ0v) is 16.9. The number of ether oxygens (including phenoxy) is 1. The fourth-order valence-electron chi connectivity index (χ4n) is 4.17. The number of piperidine rings is 1. The van der Waals surface area contributed by atoms with Crippen LogP contribution in [0.1, 0.15) is 81.7 Å². The van der Waals surface area contributed by atoms with Crippen LogP contribution in [0, 0.1) is 12.3 Å². The lowest BCUT2D eigenvalue weighted by molar-refractivity contribution is 0.00876. The number of aromatic nitrogens is 2.